The topological polar surface area (TPSA) is 71.5 Å². The van der Waals surface area contributed by atoms with Crippen LogP contribution >= 0.6 is 0 Å². The van der Waals surface area contributed by atoms with Gasteiger partial charge in [-0.25, -0.2) is 0 Å². The van der Waals surface area contributed by atoms with Gasteiger partial charge in [0.2, 0.25) is 11.8 Å². The molecule has 2 amide bonds. The lowest BCUT2D eigenvalue weighted by molar-refractivity contribution is -0.139. The third-order valence-electron chi connectivity index (χ3n) is 10.4. The largest absolute Gasteiger partial charge is 0.496 e. The molecule has 4 aromatic rings. The number of aromatic nitrogens is 1. The summed E-state index contributed by atoms with van der Waals surface area (Å²) in [5.41, 5.74) is 5.68. The number of carbonyl (C=O) groups excluding carboxylic acids is 2. The first-order valence-corrected chi connectivity index (χ1v) is 15.4. The molecule has 8 rings (SSSR count). The molecule has 1 saturated heterocycles. The Labute approximate surface area is 258 Å². The van der Waals surface area contributed by atoms with Crippen LogP contribution in [0.4, 0.5) is 0 Å². The summed E-state index contributed by atoms with van der Waals surface area (Å²) in [4.78, 5) is 34.7. The first kappa shape index (κ1) is 28.1. The van der Waals surface area contributed by atoms with E-state index in [1.54, 1.807) is 25.6 Å². The molecule has 222 valence electrons. The van der Waals surface area contributed by atoms with Crippen molar-refractivity contribution in [2.24, 2.45) is 11.3 Å². The van der Waals surface area contributed by atoms with Crippen molar-refractivity contribution in [3.05, 3.63) is 137 Å². The summed E-state index contributed by atoms with van der Waals surface area (Å²) in [7, 11) is 1.63. The van der Waals surface area contributed by atoms with Crippen molar-refractivity contribution < 1.29 is 14.3 Å². The van der Waals surface area contributed by atoms with Gasteiger partial charge >= 0.3 is 0 Å². The molecule has 6 nitrogen and oxygen atoms in total. The number of para-hydroxylation sites is 1. The van der Waals surface area contributed by atoms with Crippen LogP contribution in [0.15, 0.2) is 103 Å². The summed E-state index contributed by atoms with van der Waals surface area (Å²) >= 11 is 0. The van der Waals surface area contributed by atoms with Crippen molar-refractivity contribution in [3.63, 3.8) is 0 Å². The molecule has 4 aliphatic rings. The second kappa shape index (κ2) is 11.1. The fourth-order valence-corrected chi connectivity index (χ4v) is 8.42. The molecule has 2 bridgehead atoms. The van der Waals surface area contributed by atoms with Crippen LogP contribution in [0.3, 0.4) is 0 Å². The van der Waals surface area contributed by atoms with Gasteiger partial charge in [0.15, 0.2) is 0 Å². The molecule has 3 aliphatic carbocycles. The molecular weight excluding hydrogens is 546 g/mol. The highest BCUT2D eigenvalue weighted by Gasteiger charge is 2.70. The van der Waals surface area contributed by atoms with E-state index in [-0.39, 0.29) is 29.1 Å². The van der Waals surface area contributed by atoms with E-state index in [9.17, 15) is 9.59 Å². The van der Waals surface area contributed by atoms with Crippen LogP contribution in [0.1, 0.15) is 52.1 Å². The minimum absolute atomic E-state index is 0.0180. The maximum atomic E-state index is 14.7. The van der Waals surface area contributed by atoms with Gasteiger partial charge in [-0.1, -0.05) is 72.3 Å². The summed E-state index contributed by atoms with van der Waals surface area (Å²) < 4.78 is 5.50. The van der Waals surface area contributed by atoms with Gasteiger partial charge in [0.05, 0.1) is 12.5 Å². The van der Waals surface area contributed by atoms with Gasteiger partial charge in [-0.2, -0.15) is 0 Å². The maximum Gasteiger partial charge on any atom is 0.246 e. The molecule has 1 aromatic heterocycles. The van der Waals surface area contributed by atoms with Crippen LogP contribution < -0.4 is 10.1 Å². The number of benzene rings is 3. The fourth-order valence-electron chi connectivity index (χ4n) is 8.42. The average molecular weight is 584 g/mol. The summed E-state index contributed by atoms with van der Waals surface area (Å²) in [6.45, 7) is 3.41. The van der Waals surface area contributed by atoms with Gasteiger partial charge in [0, 0.05) is 60.9 Å². The van der Waals surface area contributed by atoms with E-state index in [0.717, 1.165) is 24.0 Å². The Kier molecular flexibility index (Phi) is 7.08. The van der Waals surface area contributed by atoms with E-state index in [0.29, 0.717) is 25.4 Å². The molecule has 0 spiro atoms. The summed E-state index contributed by atoms with van der Waals surface area (Å²) in [6, 6.07) is 29.0. The highest BCUT2D eigenvalue weighted by molar-refractivity contribution is 5.94. The lowest BCUT2D eigenvalue weighted by atomic mass is 9.42. The normalized spacial score (nSPS) is 25.0. The van der Waals surface area contributed by atoms with E-state index < -0.39 is 5.41 Å². The number of rotatable bonds is 7. The van der Waals surface area contributed by atoms with Crippen molar-refractivity contribution in [2.75, 3.05) is 20.2 Å². The number of fused-ring (bicyclic) bond motifs is 1. The first-order chi connectivity index (χ1) is 21.5. The monoisotopic (exact) mass is 583 g/mol. The van der Waals surface area contributed by atoms with Gasteiger partial charge in [-0.05, 0) is 66.3 Å². The van der Waals surface area contributed by atoms with Crippen LogP contribution in [-0.2, 0) is 21.5 Å². The molecular formula is C38H37N3O3. The van der Waals surface area contributed by atoms with Crippen molar-refractivity contribution in [1.29, 1.82) is 0 Å². The average Bonchev–Trinajstić information content (AvgIpc) is 3.51. The molecule has 3 aromatic carbocycles. The van der Waals surface area contributed by atoms with Crippen molar-refractivity contribution in [2.45, 2.75) is 37.6 Å². The second-order valence-corrected chi connectivity index (χ2v) is 12.4. The van der Waals surface area contributed by atoms with Crippen molar-refractivity contribution >= 4 is 17.9 Å². The fraction of sp³-hybridized carbons (Fsp3) is 0.289. The minimum atomic E-state index is -0.765. The van der Waals surface area contributed by atoms with E-state index in [1.807, 2.05) is 47.4 Å². The Morgan fingerprint density at radius 1 is 1.00 bits per heavy atom. The predicted molar refractivity (Wildman–Crippen MR) is 171 cm³/mol. The zero-order valence-corrected chi connectivity index (χ0v) is 25.2. The van der Waals surface area contributed by atoms with Crippen LogP contribution in [-0.4, -0.2) is 41.9 Å². The van der Waals surface area contributed by atoms with Gasteiger partial charge in [-0.3, -0.25) is 14.6 Å². The highest BCUT2D eigenvalue weighted by Crippen LogP contribution is 2.69. The number of hydrogen-bond acceptors (Lipinski definition) is 4. The molecule has 4 atom stereocenters. The van der Waals surface area contributed by atoms with Gasteiger partial charge < -0.3 is 15.0 Å². The molecule has 44 heavy (non-hydrogen) atoms. The summed E-state index contributed by atoms with van der Waals surface area (Å²) in [6.07, 6.45) is 8.78. The molecule has 6 heteroatoms. The molecule has 1 N–H and O–H groups in total. The van der Waals surface area contributed by atoms with E-state index in [4.69, 9.17) is 4.74 Å². The van der Waals surface area contributed by atoms with Crippen LogP contribution in [0.5, 0.6) is 5.75 Å². The number of carbonyl (C=O) groups is 2. The lowest BCUT2D eigenvalue weighted by Gasteiger charge is -2.60. The summed E-state index contributed by atoms with van der Waals surface area (Å²) in [5, 5.41) is 3.32. The predicted octanol–water partition coefficient (Wildman–Crippen LogP) is 6.05. The summed E-state index contributed by atoms with van der Waals surface area (Å²) in [5.74, 6) is 0.593. The van der Waals surface area contributed by atoms with Gasteiger partial charge in [0.25, 0.3) is 0 Å². The van der Waals surface area contributed by atoms with E-state index >= 15 is 0 Å². The molecule has 1 aliphatic heterocycles. The molecule has 1 saturated carbocycles. The molecule has 2 heterocycles. The quantitative estimate of drug-likeness (QED) is 0.269. The first-order valence-electron chi connectivity index (χ1n) is 15.4. The number of nitrogens with one attached hydrogen (secondary N) is 1. The number of hydrogen-bond donors (Lipinski definition) is 1. The minimum Gasteiger partial charge on any atom is -0.496 e. The van der Waals surface area contributed by atoms with E-state index in [1.165, 1.54) is 22.3 Å². The Bertz CT molecular complexity index is 1730. The second-order valence-electron chi connectivity index (χ2n) is 12.4. The zero-order chi connectivity index (χ0) is 30.3. The number of methoxy groups -OCH3 is 1. The number of aryl methyl sites for hydroxylation is 1. The molecule has 2 fully saturated rings. The zero-order valence-electron chi connectivity index (χ0n) is 25.2. The van der Waals surface area contributed by atoms with Gasteiger partial charge in [0.1, 0.15) is 5.75 Å². The molecule has 0 radical (unpaired) electrons. The smallest absolute Gasteiger partial charge is 0.246 e. The molecule has 0 unspecified atom stereocenters. The highest BCUT2D eigenvalue weighted by atomic mass is 16.5. The Morgan fingerprint density at radius 3 is 2.55 bits per heavy atom. The van der Waals surface area contributed by atoms with Crippen LogP contribution in [0.25, 0.3) is 6.08 Å². The standard InChI is InChI=1S/C38H37N3O3/c1-26-11-14-29(15-12-26)37-20-17-32(30-8-4-5-9-31(30)37)38(36(43)40-23-27-18-21-39-22-19-27)25-41(24-34(37)38)35(42)16-13-28-7-3-6-10-33(28)44-2/h3-16,18-19,21-22,32,34H,17,20,23-25H2,1-2H3,(H,40,43)/b16-13+/t32-,34-,37-,38-/m0/s1. The van der Waals surface area contributed by atoms with Crippen LogP contribution in [0.2, 0.25) is 0 Å². The maximum absolute atomic E-state index is 14.7. The van der Waals surface area contributed by atoms with Crippen molar-refractivity contribution in [3.8, 4) is 5.75 Å². The number of nitrogens with zero attached hydrogens (tertiary/aromatic N) is 2. The number of likely N-dealkylation sites (tertiary alicyclic amines) is 1. The van der Waals surface area contributed by atoms with Crippen LogP contribution in [0, 0.1) is 18.3 Å². The Hall–Kier alpha value is -4.71. The number of amides is 2. The Morgan fingerprint density at radius 2 is 1.75 bits per heavy atom. The lowest BCUT2D eigenvalue weighted by Crippen LogP contribution is -2.62. The Balaban J connectivity index is 1.32. The van der Waals surface area contributed by atoms with Crippen molar-refractivity contribution in [1.82, 2.24) is 15.2 Å². The SMILES string of the molecule is COc1ccccc1/C=C/C(=O)N1C[C@H]2[C@]3(c4ccc(C)cc4)CC[C@@H](c4ccccc43)[C@@]2(C(=O)NCc2ccncc2)C1. The number of pyridine rings is 1. The number of ether oxygens (including phenoxy) is 1. The van der Waals surface area contributed by atoms with Gasteiger partial charge in [-0.15, -0.1) is 0 Å². The third kappa shape index (κ3) is 4.35. The van der Waals surface area contributed by atoms with E-state index in [2.05, 4.69) is 65.8 Å². The third-order valence-corrected chi connectivity index (χ3v) is 10.4.